The average molecular weight is 251 g/mol. The molecule has 1 aromatic carbocycles. The van der Waals surface area contributed by atoms with E-state index in [1.54, 1.807) is 0 Å². The Morgan fingerprint density at radius 3 is 2.56 bits per heavy atom. The molecule has 0 bridgehead atoms. The second-order valence-electron chi connectivity index (χ2n) is 4.05. The fourth-order valence-corrected chi connectivity index (χ4v) is 1.57. The van der Waals surface area contributed by atoms with Crippen molar-refractivity contribution in [2.45, 2.75) is 32.8 Å². The van der Waals surface area contributed by atoms with Crippen LogP contribution in [-0.4, -0.2) is 24.2 Å². The first kappa shape index (κ1) is 14.5. The van der Waals surface area contributed by atoms with Gasteiger partial charge in [0.2, 0.25) is 5.91 Å². The lowest BCUT2D eigenvalue weighted by Crippen LogP contribution is -2.24. The number of hydrogen-bond acceptors (Lipinski definition) is 3. The lowest BCUT2D eigenvalue weighted by Gasteiger charge is -2.10. The second kappa shape index (κ2) is 7.71. The van der Waals surface area contributed by atoms with E-state index in [0.29, 0.717) is 31.7 Å². The summed E-state index contributed by atoms with van der Waals surface area (Å²) in [6.07, 6.45) is 0.624. The summed E-state index contributed by atoms with van der Waals surface area (Å²) in [7, 11) is 0. The average Bonchev–Trinajstić information content (AvgIpc) is 2.39. The zero-order valence-corrected chi connectivity index (χ0v) is 11.0. The van der Waals surface area contributed by atoms with Crippen molar-refractivity contribution in [2.24, 2.45) is 0 Å². The Morgan fingerprint density at radius 2 is 2.00 bits per heavy atom. The molecule has 0 heterocycles. The number of carbonyl (C=O) groups is 1. The summed E-state index contributed by atoms with van der Waals surface area (Å²) in [6, 6.07) is 7.31. The Bertz CT molecular complexity index is 362. The van der Waals surface area contributed by atoms with Gasteiger partial charge >= 0.3 is 0 Å². The molecule has 0 aromatic heterocycles. The number of aliphatic hydroxyl groups excluding tert-OH is 1. The molecule has 0 fully saturated rings. The molecule has 0 saturated heterocycles. The quantitative estimate of drug-likeness (QED) is 0.779. The predicted molar refractivity (Wildman–Crippen MR) is 70.5 cm³/mol. The van der Waals surface area contributed by atoms with Crippen molar-refractivity contribution in [3.05, 3.63) is 29.8 Å². The van der Waals surface area contributed by atoms with Gasteiger partial charge < -0.3 is 15.2 Å². The molecule has 1 rings (SSSR count). The molecule has 0 radical (unpaired) electrons. The van der Waals surface area contributed by atoms with Gasteiger partial charge in [-0.25, -0.2) is 0 Å². The highest BCUT2D eigenvalue weighted by atomic mass is 16.5. The van der Waals surface area contributed by atoms with Crippen LogP contribution in [-0.2, 0) is 4.79 Å². The standard InChI is InChI=1S/C14H21NO3/c1-3-13(16)11-5-7-12(8-6-11)18-10-9-14(17)15-4-2/h5-8,13,16H,3-4,9-10H2,1-2H3,(H,15,17). The minimum Gasteiger partial charge on any atom is -0.493 e. The van der Waals surface area contributed by atoms with Gasteiger partial charge in [-0.3, -0.25) is 4.79 Å². The summed E-state index contributed by atoms with van der Waals surface area (Å²) >= 11 is 0. The van der Waals surface area contributed by atoms with Crippen LogP contribution in [0.25, 0.3) is 0 Å². The van der Waals surface area contributed by atoms with Crippen LogP contribution in [0, 0.1) is 0 Å². The maximum atomic E-state index is 11.2. The van der Waals surface area contributed by atoms with Crippen LogP contribution in [0.1, 0.15) is 38.4 Å². The normalized spacial score (nSPS) is 11.9. The van der Waals surface area contributed by atoms with Crippen LogP contribution >= 0.6 is 0 Å². The number of ether oxygens (including phenoxy) is 1. The molecule has 0 saturated carbocycles. The van der Waals surface area contributed by atoms with Crippen molar-refractivity contribution < 1.29 is 14.6 Å². The SMILES string of the molecule is CCNC(=O)CCOc1ccc(C(O)CC)cc1. The summed E-state index contributed by atoms with van der Waals surface area (Å²) in [4.78, 5) is 11.2. The van der Waals surface area contributed by atoms with Gasteiger partial charge in [-0.1, -0.05) is 19.1 Å². The summed E-state index contributed by atoms with van der Waals surface area (Å²) < 4.78 is 5.45. The molecule has 0 aliphatic rings. The molecule has 1 amide bonds. The van der Waals surface area contributed by atoms with E-state index in [1.165, 1.54) is 0 Å². The van der Waals surface area contributed by atoms with E-state index >= 15 is 0 Å². The van der Waals surface area contributed by atoms with E-state index < -0.39 is 6.10 Å². The minimum atomic E-state index is -0.422. The van der Waals surface area contributed by atoms with Gasteiger partial charge in [0.05, 0.1) is 19.1 Å². The van der Waals surface area contributed by atoms with Gasteiger partial charge in [0.25, 0.3) is 0 Å². The van der Waals surface area contributed by atoms with Crippen LogP contribution in [0.4, 0.5) is 0 Å². The first-order valence-electron chi connectivity index (χ1n) is 6.34. The monoisotopic (exact) mass is 251 g/mol. The Hall–Kier alpha value is -1.55. The number of carbonyl (C=O) groups excluding carboxylic acids is 1. The van der Waals surface area contributed by atoms with E-state index in [1.807, 2.05) is 38.1 Å². The van der Waals surface area contributed by atoms with E-state index in [0.717, 1.165) is 5.56 Å². The first-order valence-corrected chi connectivity index (χ1v) is 6.34. The van der Waals surface area contributed by atoms with Crippen molar-refractivity contribution in [3.8, 4) is 5.75 Å². The summed E-state index contributed by atoms with van der Waals surface area (Å²) in [5.41, 5.74) is 0.883. The number of aliphatic hydroxyl groups is 1. The Morgan fingerprint density at radius 1 is 1.33 bits per heavy atom. The van der Waals surface area contributed by atoms with Crippen molar-refractivity contribution >= 4 is 5.91 Å². The van der Waals surface area contributed by atoms with Crippen molar-refractivity contribution in [1.29, 1.82) is 0 Å². The molecule has 4 heteroatoms. The molecule has 1 unspecified atom stereocenters. The highest BCUT2D eigenvalue weighted by Crippen LogP contribution is 2.19. The molecule has 0 aliphatic carbocycles. The number of amides is 1. The van der Waals surface area contributed by atoms with Crippen LogP contribution in [0.15, 0.2) is 24.3 Å². The lowest BCUT2D eigenvalue weighted by molar-refractivity contribution is -0.121. The first-order chi connectivity index (χ1) is 8.67. The highest BCUT2D eigenvalue weighted by Gasteiger charge is 2.05. The van der Waals surface area contributed by atoms with Gasteiger partial charge in [0, 0.05) is 6.54 Å². The molecular formula is C14H21NO3. The van der Waals surface area contributed by atoms with Crippen molar-refractivity contribution in [1.82, 2.24) is 5.32 Å². The number of rotatable bonds is 7. The number of benzene rings is 1. The predicted octanol–water partition coefficient (Wildman–Crippen LogP) is 2.04. The molecule has 100 valence electrons. The minimum absolute atomic E-state index is 0.00414. The Kier molecular flexibility index (Phi) is 6.22. The smallest absolute Gasteiger partial charge is 0.223 e. The third kappa shape index (κ3) is 4.75. The largest absolute Gasteiger partial charge is 0.493 e. The van der Waals surface area contributed by atoms with Crippen LogP contribution in [0.5, 0.6) is 5.75 Å². The summed E-state index contributed by atoms with van der Waals surface area (Å²) in [5, 5.41) is 12.3. The molecule has 0 spiro atoms. The van der Waals surface area contributed by atoms with Crippen LogP contribution in [0.3, 0.4) is 0 Å². The van der Waals surface area contributed by atoms with Gasteiger partial charge in [-0.2, -0.15) is 0 Å². The van der Waals surface area contributed by atoms with Gasteiger partial charge in [0.15, 0.2) is 0 Å². The van der Waals surface area contributed by atoms with E-state index in [4.69, 9.17) is 4.74 Å². The maximum absolute atomic E-state index is 11.2. The fraction of sp³-hybridized carbons (Fsp3) is 0.500. The number of hydrogen-bond donors (Lipinski definition) is 2. The van der Waals surface area contributed by atoms with Crippen molar-refractivity contribution in [3.63, 3.8) is 0 Å². The van der Waals surface area contributed by atoms with Crippen LogP contribution in [0.2, 0.25) is 0 Å². The topological polar surface area (TPSA) is 58.6 Å². The van der Waals surface area contributed by atoms with Gasteiger partial charge in [-0.15, -0.1) is 0 Å². The summed E-state index contributed by atoms with van der Waals surface area (Å²) in [6.45, 7) is 4.82. The zero-order chi connectivity index (χ0) is 13.4. The Labute approximate surface area is 108 Å². The second-order valence-corrected chi connectivity index (χ2v) is 4.05. The molecule has 4 nitrogen and oxygen atoms in total. The van der Waals surface area contributed by atoms with E-state index in [9.17, 15) is 9.90 Å². The Balaban J connectivity index is 2.37. The molecule has 1 aromatic rings. The third-order valence-corrected chi connectivity index (χ3v) is 2.62. The van der Waals surface area contributed by atoms with Gasteiger partial charge in [-0.05, 0) is 31.0 Å². The molecule has 0 aliphatic heterocycles. The molecule has 2 N–H and O–H groups in total. The van der Waals surface area contributed by atoms with Gasteiger partial charge in [0.1, 0.15) is 5.75 Å². The lowest BCUT2D eigenvalue weighted by atomic mass is 10.1. The van der Waals surface area contributed by atoms with Crippen molar-refractivity contribution in [2.75, 3.05) is 13.2 Å². The third-order valence-electron chi connectivity index (χ3n) is 2.62. The molecule has 1 atom stereocenters. The summed E-state index contributed by atoms with van der Waals surface area (Å²) in [5.74, 6) is 0.710. The van der Waals surface area contributed by atoms with Crippen LogP contribution < -0.4 is 10.1 Å². The fourth-order valence-electron chi connectivity index (χ4n) is 1.57. The zero-order valence-electron chi connectivity index (χ0n) is 11.0. The van der Waals surface area contributed by atoms with E-state index in [-0.39, 0.29) is 5.91 Å². The highest BCUT2D eigenvalue weighted by molar-refractivity contribution is 5.75. The molecule has 18 heavy (non-hydrogen) atoms. The molecular weight excluding hydrogens is 230 g/mol. The van der Waals surface area contributed by atoms with E-state index in [2.05, 4.69) is 5.32 Å². The number of nitrogens with one attached hydrogen (secondary N) is 1. The maximum Gasteiger partial charge on any atom is 0.223 e.